The Morgan fingerprint density at radius 2 is 1.63 bits per heavy atom. The summed E-state index contributed by atoms with van der Waals surface area (Å²) in [5, 5.41) is 0. The normalized spacial score (nSPS) is 12.5. The fraction of sp³-hybridized carbons (Fsp3) is 0.294. The third-order valence-corrected chi connectivity index (χ3v) is 4.19. The molecule has 0 aliphatic rings. The Labute approximate surface area is 124 Å². The molecule has 2 rings (SSSR count). The van der Waals surface area contributed by atoms with Crippen molar-refractivity contribution in [1.29, 1.82) is 0 Å². The van der Waals surface area contributed by atoms with Crippen LogP contribution in [0.4, 0.5) is 0 Å². The Bertz CT molecular complexity index is 570. The van der Waals surface area contributed by atoms with E-state index in [9.17, 15) is 0 Å². The van der Waals surface area contributed by atoms with E-state index in [4.69, 9.17) is 5.73 Å². The topological polar surface area (TPSA) is 26.0 Å². The number of rotatable bonds is 3. The van der Waals surface area contributed by atoms with E-state index in [1.807, 2.05) is 0 Å². The van der Waals surface area contributed by atoms with Crippen LogP contribution in [0.2, 0.25) is 0 Å². The van der Waals surface area contributed by atoms with Crippen LogP contribution < -0.4 is 5.73 Å². The summed E-state index contributed by atoms with van der Waals surface area (Å²) < 4.78 is 1.10. The van der Waals surface area contributed by atoms with Gasteiger partial charge in [0.05, 0.1) is 0 Å². The summed E-state index contributed by atoms with van der Waals surface area (Å²) in [4.78, 5) is 0. The van der Waals surface area contributed by atoms with Crippen LogP contribution in [0.5, 0.6) is 0 Å². The summed E-state index contributed by atoms with van der Waals surface area (Å²) >= 11 is 3.49. The Hall–Kier alpha value is -1.12. The lowest BCUT2D eigenvalue weighted by Gasteiger charge is -2.18. The van der Waals surface area contributed by atoms with Gasteiger partial charge in [-0.1, -0.05) is 40.2 Å². The van der Waals surface area contributed by atoms with Crippen molar-refractivity contribution in [2.75, 3.05) is 0 Å². The fourth-order valence-electron chi connectivity index (χ4n) is 2.56. The molecule has 0 aliphatic carbocycles. The van der Waals surface area contributed by atoms with Crippen molar-refractivity contribution in [1.82, 2.24) is 0 Å². The lowest BCUT2D eigenvalue weighted by atomic mass is 9.92. The molecule has 0 amide bonds. The van der Waals surface area contributed by atoms with Gasteiger partial charge in [-0.2, -0.15) is 0 Å². The lowest BCUT2D eigenvalue weighted by molar-refractivity contribution is 0.710. The van der Waals surface area contributed by atoms with E-state index >= 15 is 0 Å². The van der Waals surface area contributed by atoms with Gasteiger partial charge in [-0.25, -0.2) is 0 Å². The SMILES string of the molecule is Cc1cc(Br)ccc1C(N)Cc1c(C)cccc1C. The first-order chi connectivity index (χ1) is 8.99. The molecule has 2 heteroatoms. The average molecular weight is 318 g/mol. The van der Waals surface area contributed by atoms with Gasteiger partial charge in [0.2, 0.25) is 0 Å². The molecule has 0 heterocycles. The van der Waals surface area contributed by atoms with Gasteiger partial charge in [-0.3, -0.25) is 0 Å². The summed E-state index contributed by atoms with van der Waals surface area (Å²) in [5.41, 5.74) is 12.9. The zero-order valence-corrected chi connectivity index (χ0v) is 13.3. The maximum atomic E-state index is 6.40. The van der Waals surface area contributed by atoms with E-state index in [1.54, 1.807) is 0 Å². The van der Waals surface area contributed by atoms with Gasteiger partial charge in [0.1, 0.15) is 0 Å². The van der Waals surface area contributed by atoms with Gasteiger partial charge in [0.15, 0.2) is 0 Å². The van der Waals surface area contributed by atoms with Crippen LogP contribution in [0.15, 0.2) is 40.9 Å². The molecule has 0 saturated carbocycles. The number of aryl methyl sites for hydroxylation is 3. The molecule has 2 N–H and O–H groups in total. The highest BCUT2D eigenvalue weighted by molar-refractivity contribution is 9.10. The number of hydrogen-bond acceptors (Lipinski definition) is 1. The monoisotopic (exact) mass is 317 g/mol. The molecule has 1 unspecified atom stereocenters. The summed E-state index contributed by atoms with van der Waals surface area (Å²) in [5.74, 6) is 0. The second-order valence-corrected chi connectivity index (χ2v) is 6.10. The molecule has 0 saturated heterocycles. The van der Waals surface area contributed by atoms with Crippen LogP contribution in [0.25, 0.3) is 0 Å². The maximum Gasteiger partial charge on any atom is 0.0338 e. The second kappa shape index (κ2) is 5.89. The van der Waals surface area contributed by atoms with E-state index in [0.717, 1.165) is 10.9 Å². The molecular weight excluding hydrogens is 298 g/mol. The highest BCUT2D eigenvalue weighted by Crippen LogP contribution is 2.25. The van der Waals surface area contributed by atoms with Crippen LogP contribution in [0.1, 0.15) is 33.9 Å². The lowest BCUT2D eigenvalue weighted by Crippen LogP contribution is -2.16. The summed E-state index contributed by atoms with van der Waals surface area (Å²) in [6.07, 6.45) is 0.890. The molecule has 1 nitrogen and oxygen atoms in total. The number of hydrogen-bond donors (Lipinski definition) is 1. The Balaban J connectivity index is 2.28. The van der Waals surface area contributed by atoms with Crippen molar-refractivity contribution < 1.29 is 0 Å². The van der Waals surface area contributed by atoms with Gasteiger partial charge in [0, 0.05) is 10.5 Å². The van der Waals surface area contributed by atoms with Crippen molar-refractivity contribution in [3.63, 3.8) is 0 Å². The van der Waals surface area contributed by atoms with Crippen molar-refractivity contribution in [3.05, 3.63) is 68.7 Å². The Morgan fingerprint density at radius 3 is 2.21 bits per heavy atom. The predicted molar refractivity (Wildman–Crippen MR) is 85.4 cm³/mol. The summed E-state index contributed by atoms with van der Waals surface area (Å²) in [6, 6.07) is 12.8. The smallest absolute Gasteiger partial charge is 0.0338 e. The van der Waals surface area contributed by atoms with E-state index in [0.29, 0.717) is 0 Å². The molecule has 2 aromatic carbocycles. The number of nitrogens with two attached hydrogens (primary N) is 1. The molecule has 0 aliphatic heterocycles. The zero-order chi connectivity index (χ0) is 14.0. The molecule has 0 aromatic heterocycles. The third kappa shape index (κ3) is 3.26. The molecule has 2 aromatic rings. The fourth-order valence-corrected chi connectivity index (χ4v) is 3.03. The van der Waals surface area contributed by atoms with E-state index < -0.39 is 0 Å². The highest BCUT2D eigenvalue weighted by Gasteiger charge is 2.12. The Kier molecular flexibility index (Phi) is 4.43. The average Bonchev–Trinajstić information content (AvgIpc) is 2.33. The molecule has 0 bridgehead atoms. The van der Waals surface area contributed by atoms with Crippen LogP contribution in [-0.4, -0.2) is 0 Å². The van der Waals surface area contributed by atoms with Crippen LogP contribution in [-0.2, 0) is 6.42 Å². The molecule has 0 radical (unpaired) electrons. The molecular formula is C17H20BrN. The van der Waals surface area contributed by atoms with Crippen molar-refractivity contribution in [2.24, 2.45) is 5.73 Å². The first kappa shape index (κ1) is 14.3. The molecule has 1 atom stereocenters. The standard InChI is InChI=1S/C17H20BrN/c1-11-5-4-6-12(2)16(11)10-17(19)15-8-7-14(18)9-13(15)3/h4-9,17H,10,19H2,1-3H3. The molecule has 19 heavy (non-hydrogen) atoms. The number of benzene rings is 2. The van der Waals surface area contributed by atoms with Crippen molar-refractivity contribution >= 4 is 15.9 Å². The van der Waals surface area contributed by atoms with Crippen LogP contribution in [0.3, 0.4) is 0 Å². The highest BCUT2D eigenvalue weighted by atomic mass is 79.9. The van der Waals surface area contributed by atoms with E-state index in [2.05, 4.69) is 73.1 Å². The molecule has 0 fully saturated rings. The molecule has 100 valence electrons. The van der Waals surface area contributed by atoms with E-state index in [1.165, 1.54) is 27.8 Å². The minimum Gasteiger partial charge on any atom is -0.324 e. The summed E-state index contributed by atoms with van der Waals surface area (Å²) in [6.45, 7) is 6.43. The first-order valence-electron chi connectivity index (χ1n) is 6.55. The van der Waals surface area contributed by atoms with Crippen LogP contribution >= 0.6 is 15.9 Å². The van der Waals surface area contributed by atoms with Gasteiger partial charge >= 0.3 is 0 Å². The third-order valence-electron chi connectivity index (χ3n) is 3.70. The van der Waals surface area contributed by atoms with Gasteiger partial charge in [-0.05, 0) is 67.1 Å². The quantitative estimate of drug-likeness (QED) is 0.878. The maximum absolute atomic E-state index is 6.40. The van der Waals surface area contributed by atoms with Gasteiger partial charge < -0.3 is 5.73 Å². The second-order valence-electron chi connectivity index (χ2n) is 5.18. The zero-order valence-electron chi connectivity index (χ0n) is 11.7. The first-order valence-corrected chi connectivity index (χ1v) is 7.35. The van der Waals surface area contributed by atoms with Gasteiger partial charge in [0.25, 0.3) is 0 Å². The predicted octanol–water partition coefficient (Wildman–Crippen LogP) is 4.62. The van der Waals surface area contributed by atoms with Crippen LogP contribution in [0, 0.1) is 20.8 Å². The minimum atomic E-state index is 0.0490. The molecule has 0 spiro atoms. The van der Waals surface area contributed by atoms with Crippen molar-refractivity contribution in [2.45, 2.75) is 33.2 Å². The van der Waals surface area contributed by atoms with Crippen molar-refractivity contribution in [3.8, 4) is 0 Å². The summed E-state index contributed by atoms with van der Waals surface area (Å²) in [7, 11) is 0. The number of halogens is 1. The van der Waals surface area contributed by atoms with Gasteiger partial charge in [-0.15, -0.1) is 0 Å². The van der Waals surface area contributed by atoms with E-state index in [-0.39, 0.29) is 6.04 Å². The Morgan fingerprint density at radius 1 is 1.00 bits per heavy atom. The largest absolute Gasteiger partial charge is 0.324 e. The minimum absolute atomic E-state index is 0.0490.